The molecule has 1 amide bonds. The lowest BCUT2D eigenvalue weighted by Crippen LogP contribution is -2.44. The van der Waals surface area contributed by atoms with Gasteiger partial charge in [0.05, 0.1) is 13.7 Å². The zero-order valence-corrected chi connectivity index (χ0v) is 13.6. The molecule has 1 fully saturated rings. The van der Waals surface area contributed by atoms with Crippen molar-refractivity contribution < 1.29 is 9.53 Å². The Labute approximate surface area is 133 Å². The van der Waals surface area contributed by atoms with Gasteiger partial charge in [-0.2, -0.15) is 0 Å². The number of methoxy groups -OCH3 is 1. The lowest BCUT2D eigenvalue weighted by atomic mass is 9.98. The third-order valence-corrected chi connectivity index (χ3v) is 4.13. The van der Waals surface area contributed by atoms with Crippen molar-refractivity contribution in [2.45, 2.75) is 19.4 Å². The van der Waals surface area contributed by atoms with Crippen LogP contribution in [0.4, 0.5) is 0 Å². The molecule has 0 saturated carbocycles. The number of likely N-dealkylation sites (tertiary alicyclic amines) is 1. The van der Waals surface area contributed by atoms with Crippen LogP contribution in [0.3, 0.4) is 0 Å². The van der Waals surface area contributed by atoms with Crippen molar-refractivity contribution in [3.63, 3.8) is 0 Å². The van der Waals surface area contributed by atoms with E-state index in [2.05, 4.69) is 15.5 Å². The standard InChI is InChI=1S/C17H27N3O2/c1-18-10-14-6-5-9-20(12-14)13-17(21)19-11-15-7-3-4-8-16(15)22-2/h3-4,7-8,14,18H,5-6,9-13H2,1-2H3,(H,19,21). The molecule has 0 radical (unpaired) electrons. The first-order valence-corrected chi connectivity index (χ1v) is 7.98. The summed E-state index contributed by atoms with van der Waals surface area (Å²) in [4.78, 5) is 14.4. The molecule has 0 bridgehead atoms. The van der Waals surface area contributed by atoms with Gasteiger partial charge in [0, 0.05) is 18.7 Å². The van der Waals surface area contributed by atoms with Crippen LogP contribution in [-0.2, 0) is 11.3 Å². The van der Waals surface area contributed by atoms with Crippen LogP contribution in [0.25, 0.3) is 0 Å². The zero-order valence-electron chi connectivity index (χ0n) is 13.6. The van der Waals surface area contributed by atoms with Crippen LogP contribution in [0, 0.1) is 5.92 Å². The summed E-state index contributed by atoms with van der Waals surface area (Å²) in [5.74, 6) is 1.55. The van der Waals surface area contributed by atoms with Gasteiger partial charge in [0.1, 0.15) is 5.75 Å². The number of amides is 1. The molecule has 0 aromatic heterocycles. The topological polar surface area (TPSA) is 53.6 Å². The summed E-state index contributed by atoms with van der Waals surface area (Å²) in [5, 5.41) is 6.22. The molecule has 0 aliphatic carbocycles. The van der Waals surface area contributed by atoms with Gasteiger partial charge in [0.25, 0.3) is 0 Å². The maximum Gasteiger partial charge on any atom is 0.234 e. The summed E-state index contributed by atoms with van der Waals surface area (Å²) in [6.45, 7) is 4.04. The summed E-state index contributed by atoms with van der Waals surface area (Å²) in [7, 11) is 3.63. The molecular formula is C17H27N3O2. The first-order chi connectivity index (χ1) is 10.7. The molecule has 1 aliphatic heterocycles. The molecule has 2 rings (SSSR count). The van der Waals surface area contributed by atoms with Crippen LogP contribution in [0.1, 0.15) is 18.4 Å². The van der Waals surface area contributed by atoms with E-state index in [1.54, 1.807) is 7.11 Å². The van der Waals surface area contributed by atoms with Crippen LogP contribution >= 0.6 is 0 Å². The second-order valence-corrected chi connectivity index (χ2v) is 5.89. The summed E-state index contributed by atoms with van der Waals surface area (Å²) >= 11 is 0. The Morgan fingerprint density at radius 3 is 3.00 bits per heavy atom. The molecule has 5 nitrogen and oxygen atoms in total. The molecular weight excluding hydrogens is 278 g/mol. The minimum absolute atomic E-state index is 0.0796. The van der Waals surface area contributed by atoms with E-state index in [9.17, 15) is 4.79 Å². The van der Waals surface area contributed by atoms with Crippen LogP contribution in [0.5, 0.6) is 5.75 Å². The zero-order chi connectivity index (χ0) is 15.8. The van der Waals surface area contributed by atoms with Crippen molar-refractivity contribution >= 4 is 5.91 Å². The molecule has 1 aromatic rings. The Hall–Kier alpha value is -1.59. The number of nitrogens with one attached hydrogen (secondary N) is 2. The third kappa shape index (κ3) is 5.00. The Kier molecular flexibility index (Phi) is 6.68. The predicted octanol–water partition coefficient (Wildman–Crippen LogP) is 1.24. The van der Waals surface area contributed by atoms with Crippen LogP contribution in [-0.4, -0.2) is 51.1 Å². The molecule has 1 saturated heterocycles. The number of piperidine rings is 1. The normalized spacial score (nSPS) is 18.9. The third-order valence-electron chi connectivity index (χ3n) is 4.13. The maximum atomic E-state index is 12.1. The number of benzene rings is 1. The minimum Gasteiger partial charge on any atom is -0.496 e. The first kappa shape index (κ1) is 16.8. The van der Waals surface area contributed by atoms with Gasteiger partial charge in [-0.15, -0.1) is 0 Å². The maximum absolute atomic E-state index is 12.1. The quantitative estimate of drug-likeness (QED) is 0.796. The monoisotopic (exact) mass is 305 g/mol. The predicted molar refractivity (Wildman–Crippen MR) is 87.9 cm³/mol. The molecule has 1 atom stereocenters. The van der Waals surface area contributed by atoms with Gasteiger partial charge in [-0.1, -0.05) is 18.2 Å². The Balaban J connectivity index is 1.78. The lowest BCUT2D eigenvalue weighted by molar-refractivity contribution is -0.122. The molecule has 1 unspecified atom stereocenters. The van der Waals surface area contributed by atoms with Crippen LogP contribution < -0.4 is 15.4 Å². The molecule has 1 aliphatic rings. The number of carbonyl (C=O) groups is 1. The number of nitrogens with zero attached hydrogens (tertiary/aromatic N) is 1. The van der Waals surface area contributed by atoms with Gasteiger partial charge >= 0.3 is 0 Å². The highest BCUT2D eigenvalue weighted by Crippen LogP contribution is 2.17. The van der Waals surface area contributed by atoms with E-state index < -0.39 is 0 Å². The van der Waals surface area contributed by atoms with Crippen molar-refractivity contribution in [1.29, 1.82) is 0 Å². The molecule has 22 heavy (non-hydrogen) atoms. The fraction of sp³-hybridized carbons (Fsp3) is 0.588. The van der Waals surface area contributed by atoms with Gasteiger partial charge < -0.3 is 15.4 Å². The molecule has 1 aromatic carbocycles. The van der Waals surface area contributed by atoms with Gasteiger partial charge in [0.15, 0.2) is 0 Å². The number of carbonyl (C=O) groups excluding carboxylic acids is 1. The second kappa shape index (κ2) is 8.76. The van der Waals surface area contributed by atoms with Gasteiger partial charge in [-0.05, 0) is 45.0 Å². The van der Waals surface area contributed by atoms with Crippen molar-refractivity contribution in [2.75, 3.05) is 40.3 Å². The first-order valence-electron chi connectivity index (χ1n) is 7.98. The summed E-state index contributed by atoms with van der Waals surface area (Å²) in [6, 6.07) is 7.77. The fourth-order valence-corrected chi connectivity index (χ4v) is 3.05. The summed E-state index contributed by atoms with van der Waals surface area (Å²) in [5.41, 5.74) is 1.00. The second-order valence-electron chi connectivity index (χ2n) is 5.89. The molecule has 5 heteroatoms. The van der Waals surface area contributed by atoms with E-state index in [-0.39, 0.29) is 5.91 Å². The van der Waals surface area contributed by atoms with Crippen molar-refractivity contribution in [2.24, 2.45) is 5.92 Å². The molecule has 0 spiro atoms. The Morgan fingerprint density at radius 1 is 1.41 bits per heavy atom. The van der Waals surface area contributed by atoms with Gasteiger partial charge in [-0.3, -0.25) is 9.69 Å². The number of hydrogen-bond acceptors (Lipinski definition) is 4. The number of ether oxygens (including phenoxy) is 1. The molecule has 122 valence electrons. The van der Waals surface area contributed by atoms with Crippen LogP contribution in [0.15, 0.2) is 24.3 Å². The highest BCUT2D eigenvalue weighted by molar-refractivity contribution is 5.78. The minimum atomic E-state index is 0.0796. The van der Waals surface area contributed by atoms with Crippen molar-refractivity contribution in [3.8, 4) is 5.75 Å². The van der Waals surface area contributed by atoms with E-state index in [0.29, 0.717) is 19.0 Å². The lowest BCUT2D eigenvalue weighted by Gasteiger charge is -2.32. The van der Waals surface area contributed by atoms with E-state index in [1.807, 2.05) is 31.3 Å². The van der Waals surface area contributed by atoms with Crippen LogP contribution in [0.2, 0.25) is 0 Å². The van der Waals surface area contributed by atoms with E-state index >= 15 is 0 Å². The Morgan fingerprint density at radius 2 is 2.23 bits per heavy atom. The number of para-hydroxylation sites is 1. The summed E-state index contributed by atoms with van der Waals surface area (Å²) in [6.07, 6.45) is 2.42. The fourth-order valence-electron chi connectivity index (χ4n) is 3.05. The number of rotatable bonds is 7. The molecule has 1 heterocycles. The van der Waals surface area contributed by atoms with E-state index in [1.165, 1.54) is 12.8 Å². The SMILES string of the molecule is CNCC1CCCN(CC(=O)NCc2ccccc2OC)C1. The van der Waals surface area contributed by atoms with Crippen molar-refractivity contribution in [3.05, 3.63) is 29.8 Å². The summed E-state index contributed by atoms with van der Waals surface area (Å²) < 4.78 is 5.30. The average molecular weight is 305 g/mol. The Bertz CT molecular complexity index is 477. The van der Waals surface area contributed by atoms with E-state index in [4.69, 9.17) is 4.74 Å². The average Bonchev–Trinajstić information content (AvgIpc) is 2.54. The smallest absolute Gasteiger partial charge is 0.234 e. The van der Waals surface area contributed by atoms with Crippen molar-refractivity contribution in [1.82, 2.24) is 15.5 Å². The number of hydrogen-bond donors (Lipinski definition) is 2. The largest absolute Gasteiger partial charge is 0.496 e. The highest BCUT2D eigenvalue weighted by atomic mass is 16.5. The highest BCUT2D eigenvalue weighted by Gasteiger charge is 2.20. The van der Waals surface area contributed by atoms with Gasteiger partial charge in [-0.25, -0.2) is 0 Å². The van der Waals surface area contributed by atoms with E-state index in [0.717, 1.165) is 30.9 Å². The molecule has 2 N–H and O–H groups in total. The van der Waals surface area contributed by atoms with Gasteiger partial charge in [0.2, 0.25) is 5.91 Å².